The molecule has 0 fully saturated rings. The highest BCUT2D eigenvalue weighted by molar-refractivity contribution is 7.99. The van der Waals surface area contributed by atoms with E-state index in [-0.39, 0.29) is 0 Å². The van der Waals surface area contributed by atoms with Gasteiger partial charge in [0.15, 0.2) is 0 Å². The maximum atomic E-state index is 5.60. The standard InChI is InChI=1S/C13H20ClNS/c1-2-16-13-6-4-12(5-7-13)8-11-15-10-3-9-14/h4-7,15H,2-3,8-11H2,1H3. The fraction of sp³-hybridized carbons (Fsp3) is 0.538. The molecule has 0 bridgehead atoms. The first-order valence-corrected chi connectivity index (χ1v) is 7.37. The summed E-state index contributed by atoms with van der Waals surface area (Å²) in [5.74, 6) is 1.88. The van der Waals surface area contributed by atoms with Gasteiger partial charge in [-0.3, -0.25) is 0 Å². The normalized spacial score (nSPS) is 10.6. The van der Waals surface area contributed by atoms with Crippen molar-refractivity contribution in [2.75, 3.05) is 24.7 Å². The molecule has 1 aromatic rings. The van der Waals surface area contributed by atoms with Crippen LogP contribution in [0.3, 0.4) is 0 Å². The van der Waals surface area contributed by atoms with E-state index in [4.69, 9.17) is 11.6 Å². The zero-order valence-corrected chi connectivity index (χ0v) is 11.4. The number of halogens is 1. The first kappa shape index (κ1) is 13.9. The quantitative estimate of drug-likeness (QED) is 0.434. The van der Waals surface area contributed by atoms with Crippen LogP contribution in [0.1, 0.15) is 18.9 Å². The van der Waals surface area contributed by atoms with Crippen LogP contribution in [0, 0.1) is 0 Å². The summed E-state index contributed by atoms with van der Waals surface area (Å²) in [6.45, 7) is 4.24. The minimum Gasteiger partial charge on any atom is -0.316 e. The molecule has 0 aliphatic rings. The van der Waals surface area contributed by atoms with Crippen molar-refractivity contribution in [2.24, 2.45) is 0 Å². The SMILES string of the molecule is CCSc1ccc(CCNCCCCl)cc1. The molecular weight excluding hydrogens is 238 g/mol. The Bertz CT molecular complexity index is 274. The highest BCUT2D eigenvalue weighted by atomic mass is 35.5. The molecule has 0 radical (unpaired) electrons. The molecule has 3 heteroatoms. The second kappa shape index (κ2) is 8.91. The first-order chi connectivity index (χ1) is 7.86. The third kappa shape index (κ3) is 5.78. The minimum absolute atomic E-state index is 0.746. The van der Waals surface area contributed by atoms with Gasteiger partial charge in [0.05, 0.1) is 0 Å². The molecular formula is C13H20ClNS. The van der Waals surface area contributed by atoms with Crippen molar-refractivity contribution in [3.63, 3.8) is 0 Å². The summed E-state index contributed by atoms with van der Waals surface area (Å²) in [5.41, 5.74) is 1.40. The molecule has 0 heterocycles. The van der Waals surface area contributed by atoms with Crippen LogP contribution in [-0.2, 0) is 6.42 Å². The highest BCUT2D eigenvalue weighted by Crippen LogP contribution is 2.17. The van der Waals surface area contributed by atoms with E-state index in [0.717, 1.165) is 37.6 Å². The monoisotopic (exact) mass is 257 g/mol. The lowest BCUT2D eigenvalue weighted by Crippen LogP contribution is -2.18. The summed E-state index contributed by atoms with van der Waals surface area (Å²) < 4.78 is 0. The summed E-state index contributed by atoms with van der Waals surface area (Å²) in [6, 6.07) is 8.87. The van der Waals surface area contributed by atoms with E-state index in [1.54, 1.807) is 0 Å². The summed E-state index contributed by atoms with van der Waals surface area (Å²) in [6.07, 6.45) is 2.15. The summed E-state index contributed by atoms with van der Waals surface area (Å²) >= 11 is 7.49. The lowest BCUT2D eigenvalue weighted by molar-refractivity contribution is 0.673. The van der Waals surface area contributed by atoms with E-state index in [9.17, 15) is 0 Å². The van der Waals surface area contributed by atoms with Crippen molar-refractivity contribution in [2.45, 2.75) is 24.7 Å². The molecule has 0 aromatic heterocycles. The number of alkyl halides is 1. The van der Waals surface area contributed by atoms with Crippen LogP contribution in [0.4, 0.5) is 0 Å². The molecule has 0 amide bonds. The van der Waals surface area contributed by atoms with E-state index in [0.29, 0.717) is 0 Å². The van der Waals surface area contributed by atoms with Crippen molar-refractivity contribution in [3.8, 4) is 0 Å². The Morgan fingerprint density at radius 3 is 2.56 bits per heavy atom. The van der Waals surface area contributed by atoms with Crippen molar-refractivity contribution in [3.05, 3.63) is 29.8 Å². The average Bonchev–Trinajstić information content (AvgIpc) is 2.31. The van der Waals surface area contributed by atoms with Crippen molar-refractivity contribution in [1.29, 1.82) is 0 Å². The Labute approximate surface area is 108 Å². The zero-order valence-electron chi connectivity index (χ0n) is 9.84. The van der Waals surface area contributed by atoms with Gasteiger partial charge < -0.3 is 5.32 Å². The maximum Gasteiger partial charge on any atom is 0.0235 e. The van der Waals surface area contributed by atoms with Crippen molar-refractivity contribution >= 4 is 23.4 Å². The molecule has 1 rings (SSSR count). The first-order valence-electron chi connectivity index (χ1n) is 5.85. The Morgan fingerprint density at radius 2 is 1.94 bits per heavy atom. The molecule has 1 nitrogen and oxygen atoms in total. The summed E-state index contributed by atoms with van der Waals surface area (Å²) in [4.78, 5) is 1.36. The Kier molecular flexibility index (Phi) is 7.73. The summed E-state index contributed by atoms with van der Waals surface area (Å²) in [7, 11) is 0. The third-order valence-corrected chi connectivity index (χ3v) is 3.47. The number of nitrogens with one attached hydrogen (secondary N) is 1. The van der Waals surface area contributed by atoms with Crippen molar-refractivity contribution < 1.29 is 0 Å². The molecule has 0 unspecified atom stereocenters. The van der Waals surface area contributed by atoms with E-state index in [2.05, 4.69) is 36.5 Å². The molecule has 90 valence electrons. The van der Waals surface area contributed by atoms with E-state index < -0.39 is 0 Å². The zero-order chi connectivity index (χ0) is 11.6. The third-order valence-electron chi connectivity index (χ3n) is 2.31. The summed E-state index contributed by atoms with van der Waals surface area (Å²) in [5, 5.41) is 3.38. The van der Waals surface area contributed by atoms with Crippen molar-refractivity contribution in [1.82, 2.24) is 5.32 Å². The lowest BCUT2D eigenvalue weighted by atomic mass is 10.1. The Hall–Kier alpha value is -0.180. The average molecular weight is 258 g/mol. The molecule has 1 N–H and O–H groups in total. The lowest BCUT2D eigenvalue weighted by Gasteiger charge is -2.04. The van der Waals surface area contributed by atoms with E-state index >= 15 is 0 Å². The Morgan fingerprint density at radius 1 is 1.19 bits per heavy atom. The van der Waals surface area contributed by atoms with Crippen LogP contribution >= 0.6 is 23.4 Å². The molecule has 0 aliphatic heterocycles. The molecule has 0 aliphatic carbocycles. The van der Waals surface area contributed by atoms with Gasteiger partial charge in [0.2, 0.25) is 0 Å². The fourth-order valence-electron chi connectivity index (χ4n) is 1.47. The second-order valence-corrected chi connectivity index (χ2v) is 5.33. The smallest absolute Gasteiger partial charge is 0.0235 e. The van der Waals surface area contributed by atoms with Gasteiger partial charge in [0, 0.05) is 10.8 Å². The fourth-order valence-corrected chi connectivity index (χ4v) is 2.26. The minimum atomic E-state index is 0.746. The number of benzene rings is 1. The van der Waals surface area contributed by atoms with Crippen LogP contribution in [0.15, 0.2) is 29.2 Å². The van der Waals surface area contributed by atoms with Gasteiger partial charge in [0.1, 0.15) is 0 Å². The predicted molar refractivity (Wildman–Crippen MR) is 74.8 cm³/mol. The van der Waals surface area contributed by atoms with Crippen LogP contribution in [0.25, 0.3) is 0 Å². The largest absolute Gasteiger partial charge is 0.316 e. The Balaban J connectivity index is 2.21. The number of hydrogen-bond donors (Lipinski definition) is 1. The van der Waals surface area contributed by atoms with Gasteiger partial charge in [-0.25, -0.2) is 0 Å². The van der Waals surface area contributed by atoms with Crippen LogP contribution in [0.2, 0.25) is 0 Å². The molecule has 0 saturated heterocycles. The van der Waals surface area contributed by atoms with Gasteiger partial charge >= 0.3 is 0 Å². The van der Waals surface area contributed by atoms with Gasteiger partial charge in [-0.1, -0.05) is 19.1 Å². The molecule has 0 saturated carbocycles. The predicted octanol–water partition coefficient (Wildman–Crippen LogP) is 3.56. The number of rotatable bonds is 8. The van der Waals surface area contributed by atoms with Crippen LogP contribution in [0.5, 0.6) is 0 Å². The topological polar surface area (TPSA) is 12.0 Å². The molecule has 1 aromatic carbocycles. The van der Waals surface area contributed by atoms with Gasteiger partial charge in [-0.05, 0) is 49.4 Å². The molecule has 0 atom stereocenters. The number of thioether (sulfide) groups is 1. The van der Waals surface area contributed by atoms with Gasteiger partial charge in [0.25, 0.3) is 0 Å². The van der Waals surface area contributed by atoms with Gasteiger partial charge in [-0.15, -0.1) is 23.4 Å². The van der Waals surface area contributed by atoms with Gasteiger partial charge in [-0.2, -0.15) is 0 Å². The van der Waals surface area contributed by atoms with E-state index in [1.807, 2.05) is 11.8 Å². The maximum absolute atomic E-state index is 5.60. The van der Waals surface area contributed by atoms with Crippen LogP contribution in [-0.4, -0.2) is 24.7 Å². The highest BCUT2D eigenvalue weighted by Gasteiger charge is 1.94. The molecule has 0 spiro atoms. The van der Waals surface area contributed by atoms with Crippen LogP contribution < -0.4 is 5.32 Å². The molecule has 16 heavy (non-hydrogen) atoms. The second-order valence-electron chi connectivity index (χ2n) is 3.62. The number of hydrogen-bond acceptors (Lipinski definition) is 2. The van der Waals surface area contributed by atoms with E-state index in [1.165, 1.54) is 10.5 Å².